The zero-order chi connectivity index (χ0) is 19.6. The van der Waals surface area contributed by atoms with Crippen LogP contribution < -0.4 is 10.6 Å². The van der Waals surface area contributed by atoms with Crippen LogP contribution in [0.1, 0.15) is 42.9 Å². The summed E-state index contributed by atoms with van der Waals surface area (Å²) in [5.41, 5.74) is 0. The van der Waals surface area contributed by atoms with Gasteiger partial charge in [-0.1, -0.05) is 6.92 Å². The van der Waals surface area contributed by atoms with Gasteiger partial charge in [-0.3, -0.25) is 9.69 Å². The molecule has 0 spiro atoms. The highest BCUT2D eigenvalue weighted by Crippen LogP contribution is 2.19. The van der Waals surface area contributed by atoms with Gasteiger partial charge in [0.25, 0.3) is 0 Å². The van der Waals surface area contributed by atoms with Gasteiger partial charge in [0.1, 0.15) is 0 Å². The lowest BCUT2D eigenvalue weighted by Crippen LogP contribution is -2.44. The molecule has 1 aliphatic heterocycles. The van der Waals surface area contributed by atoms with Gasteiger partial charge in [-0.15, -0.1) is 35.3 Å². The average molecular weight is 522 g/mol. The lowest BCUT2D eigenvalue weighted by atomic mass is 10.2. The van der Waals surface area contributed by atoms with E-state index in [1.165, 1.54) is 9.75 Å². The molecule has 1 atom stereocenters. The van der Waals surface area contributed by atoms with Crippen LogP contribution in [0.4, 0.5) is 0 Å². The number of hydrogen-bond donors (Lipinski definition) is 2. The third-order valence-corrected chi connectivity index (χ3v) is 6.02. The van der Waals surface area contributed by atoms with Crippen molar-refractivity contribution < 1.29 is 4.79 Å². The van der Waals surface area contributed by atoms with Gasteiger partial charge in [-0.2, -0.15) is 0 Å². The Morgan fingerprint density at radius 1 is 1.29 bits per heavy atom. The average Bonchev–Trinajstić information content (AvgIpc) is 3.31. The van der Waals surface area contributed by atoms with Crippen molar-refractivity contribution in [3.63, 3.8) is 0 Å². The number of rotatable bonds is 9. The number of halogens is 1. The Morgan fingerprint density at radius 3 is 2.68 bits per heavy atom. The van der Waals surface area contributed by atoms with Crippen LogP contribution in [0, 0.1) is 0 Å². The van der Waals surface area contributed by atoms with Gasteiger partial charge >= 0.3 is 0 Å². The topological polar surface area (TPSA) is 60.0 Å². The fourth-order valence-corrected chi connectivity index (χ4v) is 4.24. The molecule has 6 nitrogen and oxygen atoms in total. The van der Waals surface area contributed by atoms with Crippen LogP contribution >= 0.6 is 35.3 Å². The first kappa shape index (κ1) is 25.2. The van der Waals surface area contributed by atoms with Gasteiger partial charge in [-0.05, 0) is 51.3 Å². The first-order chi connectivity index (χ1) is 13.0. The highest BCUT2D eigenvalue weighted by Gasteiger charge is 2.30. The quantitative estimate of drug-likeness (QED) is 0.227. The Kier molecular flexibility index (Phi) is 12.0. The van der Waals surface area contributed by atoms with Gasteiger partial charge in [0.15, 0.2) is 5.96 Å². The molecule has 1 amide bonds. The summed E-state index contributed by atoms with van der Waals surface area (Å²) >= 11 is 1.84. The van der Waals surface area contributed by atoms with Crippen LogP contribution in [-0.4, -0.2) is 68.0 Å². The number of guanidine groups is 1. The number of carbonyl (C=O) groups is 1. The van der Waals surface area contributed by atoms with Gasteiger partial charge in [0, 0.05) is 43.5 Å². The summed E-state index contributed by atoms with van der Waals surface area (Å²) in [6, 6.07) is 4.43. The van der Waals surface area contributed by atoms with E-state index in [-0.39, 0.29) is 35.9 Å². The summed E-state index contributed by atoms with van der Waals surface area (Å²) in [7, 11) is 3.69. The van der Waals surface area contributed by atoms with E-state index in [1.54, 1.807) is 4.90 Å². The minimum absolute atomic E-state index is 0. The van der Waals surface area contributed by atoms with Crippen molar-refractivity contribution in [1.82, 2.24) is 20.4 Å². The van der Waals surface area contributed by atoms with Crippen LogP contribution in [0.5, 0.6) is 0 Å². The molecule has 1 unspecified atom stereocenters. The van der Waals surface area contributed by atoms with Crippen LogP contribution in [0.3, 0.4) is 0 Å². The van der Waals surface area contributed by atoms with Crippen LogP contribution in [0.25, 0.3) is 0 Å². The van der Waals surface area contributed by atoms with Gasteiger partial charge in [0.05, 0.1) is 12.6 Å². The van der Waals surface area contributed by atoms with Crippen LogP contribution in [0.15, 0.2) is 17.1 Å². The van der Waals surface area contributed by atoms with Gasteiger partial charge in [-0.25, -0.2) is 4.99 Å². The second kappa shape index (κ2) is 13.4. The molecule has 0 aromatic carbocycles. The van der Waals surface area contributed by atoms with Crippen molar-refractivity contribution >= 4 is 47.2 Å². The Labute approximate surface area is 191 Å². The van der Waals surface area contributed by atoms with Crippen LogP contribution in [0.2, 0.25) is 0 Å². The predicted molar refractivity (Wildman–Crippen MR) is 130 cm³/mol. The molecule has 1 aromatic rings. The molecular weight excluding hydrogens is 485 g/mol. The number of aryl methyl sites for hydroxylation is 1. The Morgan fingerprint density at radius 2 is 2.04 bits per heavy atom. The molecule has 0 aliphatic carbocycles. The normalized spacial score (nSPS) is 17.3. The number of likely N-dealkylation sites (N-methyl/N-ethyl adjacent to an activating group) is 1. The van der Waals surface area contributed by atoms with E-state index in [9.17, 15) is 4.79 Å². The molecule has 160 valence electrons. The summed E-state index contributed by atoms with van der Waals surface area (Å²) in [6.45, 7) is 8.65. The molecule has 1 fully saturated rings. The molecule has 0 bridgehead atoms. The Hall–Kier alpha value is -0.870. The molecule has 1 aliphatic rings. The fraction of sp³-hybridized carbons (Fsp3) is 0.700. The minimum Gasteiger partial charge on any atom is -0.357 e. The van der Waals surface area contributed by atoms with E-state index in [0.717, 1.165) is 57.8 Å². The molecule has 0 saturated carbocycles. The predicted octanol–water partition coefficient (Wildman–Crippen LogP) is 2.93. The van der Waals surface area contributed by atoms with Crippen molar-refractivity contribution in [3.05, 3.63) is 21.9 Å². The third-order valence-electron chi connectivity index (χ3n) is 4.81. The zero-order valence-electron chi connectivity index (χ0n) is 17.7. The third kappa shape index (κ3) is 7.87. The summed E-state index contributed by atoms with van der Waals surface area (Å²) in [5, 5.41) is 6.74. The second-order valence-electron chi connectivity index (χ2n) is 7.12. The standard InChI is InChI=1S/C20H35N5OS.HI/c1-5-16-10-11-17(27-16)15-23-20(21-6-2)22-12-8-14-25-13-7-9-18(25)19(26)24(3)4;/h10-11,18H,5-9,12-15H2,1-4H3,(H2,21,22,23);1H. The van der Waals surface area contributed by atoms with Crippen molar-refractivity contribution in [1.29, 1.82) is 0 Å². The summed E-state index contributed by atoms with van der Waals surface area (Å²) in [5.74, 6) is 1.10. The summed E-state index contributed by atoms with van der Waals surface area (Å²) in [4.78, 5) is 23.7. The summed E-state index contributed by atoms with van der Waals surface area (Å²) < 4.78 is 0. The SMILES string of the molecule is CCNC(=NCc1ccc(CC)s1)NCCCN1CCCC1C(=O)N(C)C.I. The largest absolute Gasteiger partial charge is 0.357 e. The maximum Gasteiger partial charge on any atom is 0.239 e. The van der Waals surface area contributed by atoms with E-state index >= 15 is 0 Å². The number of likely N-dealkylation sites (tertiary alicyclic amines) is 1. The number of aliphatic imine (C=N–C) groups is 1. The second-order valence-corrected chi connectivity index (χ2v) is 8.38. The van der Waals surface area contributed by atoms with Crippen molar-refractivity contribution in [2.75, 3.05) is 40.3 Å². The first-order valence-corrected chi connectivity index (χ1v) is 10.9. The molecule has 2 rings (SSSR count). The van der Waals surface area contributed by atoms with Crippen LogP contribution in [-0.2, 0) is 17.8 Å². The molecule has 2 N–H and O–H groups in total. The highest BCUT2D eigenvalue weighted by molar-refractivity contribution is 14.0. The molecule has 1 saturated heterocycles. The van der Waals surface area contributed by atoms with Crippen molar-refractivity contribution in [3.8, 4) is 0 Å². The molecule has 8 heteroatoms. The lowest BCUT2D eigenvalue weighted by molar-refractivity contribution is -0.133. The molecule has 28 heavy (non-hydrogen) atoms. The number of hydrogen-bond acceptors (Lipinski definition) is 4. The van der Waals surface area contributed by atoms with Crippen molar-refractivity contribution in [2.24, 2.45) is 4.99 Å². The number of nitrogens with zero attached hydrogens (tertiary/aromatic N) is 3. The first-order valence-electron chi connectivity index (χ1n) is 10.1. The number of thiophene rings is 1. The lowest BCUT2D eigenvalue weighted by Gasteiger charge is -2.26. The number of amides is 1. The molecule has 2 heterocycles. The Bertz CT molecular complexity index is 619. The Balaban J connectivity index is 0.00000392. The van der Waals surface area contributed by atoms with Gasteiger partial charge in [0.2, 0.25) is 5.91 Å². The minimum atomic E-state index is 0. The summed E-state index contributed by atoms with van der Waals surface area (Å²) in [6.07, 6.45) is 4.18. The van der Waals surface area contributed by atoms with Crippen molar-refractivity contribution in [2.45, 2.75) is 52.1 Å². The molecular formula is C20H36IN5OS. The maximum atomic E-state index is 12.3. The van der Waals surface area contributed by atoms with E-state index < -0.39 is 0 Å². The number of carbonyl (C=O) groups excluding carboxylic acids is 1. The molecule has 0 radical (unpaired) electrons. The van der Waals surface area contributed by atoms with E-state index in [2.05, 4.69) is 41.5 Å². The van der Waals surface area contributed by atoms with E-state index in [0.29, 0.717) is 6.54 Å². The molecule has 1 aromatic heterocycles. The van der Waals surface area contributed by atoms with E-state index in [1.807, 2.05) is 25.4 Å². The highest BCUT2D eigenvalue weighted by atomic mass is 127. The fourth-order valence-electron chi connectivity index (χ4n) is 3.36. The smallest absolute Gasteiger partial charge is 0.239 e. The zero-order valence-corrected chi connectivity index (χ0v) is 20.8. The van der Waals surface area contributed by atoms with E-state index in [4.69, 9.17) is 4.99 Å². The monoisotopic (exact) mass is 521 g/mol. The maximum absolute atomic E-state index is 12.3. The van der Waals surface area contributed by atoms with Gasteiger partial charge < -0.3 is 15.5 Å². The number of nitrogens with one attached hydrogen (secondary N) is 2.